The van der Waals surface area contributed by atoms with E-state index in [1.54, 1.807) is 0 Å². The van der Waals surface area contributed by atoms with E-state index in [2.05, 4.69) is 31.0 Å². The molecule has 0 saturated heterocycles. The average molecular weight is 255 g/mol. The largest absolute Gasteiger partial charge is 0.489 e. The van der Waals surface area contributed by atoms with Gasteiger partial charge in [0, 0.05) is 5.39 Å². The van der Waals surface area contributed by atoms with E-state index in [-0.39, 0.29) is 0 Å². The van der Waals surface area contributed by atoms with E-state index in [9.17, 15) is 0 Å². The van der Waals surface area contributed by atoms with Crippen LogP contribution in [0.4, 0.5) is 0 Å². The Morgan fingerprint density at radius 3 is 2.58 bits per heavy atom. The number of aromatic nitrogens is 1. The molecule has 19 heavy (non-hydrogen) atoms. The molecule has 1 fully saturated rings. The molecule has 0 aliphatic heterocycles. The summed E-state index contributed by atoms with van der Waals surface area (Å²) in [5.74, 6) is 2.44. The Morgan fingerprint density at radius 1 is 1.05 bits per heavy atom. The predicted octanol–water partition coefficient (Wildman–Crippen LogP) is 4.44. The number of nitrogens with zero attached hydrogens (tertiary/aromatic N) is 1. The molecular weight excluding hydrogens is 234 g/mol. The standard InChI is InChI=1S/C17H21NO/c1-12-7-13(2)9-15(8-12)19-16-10-14-5-3-4-6-17(14)18-11-16/h3-6,10-13,15H,7-9H2,1-2H3. The molecule has 2 aromatic rings. The molecule has 2 atom stereocenters. The fraction of sp³-hybridized carbons (Fsp3) is 0.471. The van der Waals surface area contributed by atoms with Crippen LogP contribution >= 0.6 is 0 Å². The molecule has 1 aromatic carbocycles. The maximum absolute atomic E-state index is 6.14. The Morgan fingerprint density at radius 2 is 1.79 bits per heavy atom. The quantitative estimate of drug-likeness (QED) is 0.791. The first-order chi connectivity index (χ1) is 9.20. The monoisotopic (exact) mass is 255 g/mol. The van der Waals surface area contributed by atoms with Gasteiger partial charge in [0.15, 0.2) is 0 Å². The van der Waals surface area contributed by atoms with Gasteiger partial charge in [0.25, 0.3) is 0 Å². The molecule has 0 spiro atoms. The van der Waals surface area contributed by atoms with Crippen molar-refractivity contribution in [2.75, 3.05) is 0 Å². The highest BCUT2D eigenvalue weighted by molar-refractivity contribution is 5.79. The van der Waals surface area contributed by atoms with Gasteiger partial charge in [-0.3, -0.25) is 4.98 Å². The summed E-state index contributed by atoms with van der Waals surface area (Å²) < 4.78 is 6.14. The minimum atomic E-state index is 0.349. The molecule has 3 rings (SSSR count). The minimum Gasteiger partial charge on any atom is -0.489 e. The normalized spacial score (nSPS) is 27.4. The van der Waals surface area contributed by atoms with Crippen LogP contribution in [0.5, 0.6) is 5.75 Å². The highest BCUT2D eigenvalue weighted by atomic mass is 16.5. The Balaban J connectivity index is 1.77. The number of hydrogen-bond donors (Lipinski definition) is 0. The van der Waals surface area contributed by atoms with Crippen molar-refractivity contribution in [3.63, 3.8) is 0 Å². The summed E-state index contributed by atoms with van der Waals surface area (Å²) in [5, 5.41) is 1.15. The smallest absolute Gasteiger partial charge is 0.138 e. The van der Waals surface area contributed by atoms with E-state index < -0.39 is 0 Å². The van der Waals surface area contributed by atoms with Crippen LogP contribution < -0.4 is 4.74 Å². The van der Waals surface area contributed by atoms with Crippen LogP contribution in [0.1, 0.15) is 33.1 Å². The summed E-state index contributed by atoms with van der Waals surface area (Å²) in [5.41, 5.74) is 1.03. The molecule has 2 heteroatoms. The van der Waals surface area contributed by atoms with Gasteiger partial charge in [-0.2, -0.15) is 0 Å². The Kier molecular flexibility index (Phi) is 3.41. The van der Waals surface area contributed by atoms with Crippen LogP contribution in [-0.2, 0) is 0 Å². The van der Waals surface area contributed by atoms with Crippen LogP contribution in [0.15, 0.2) is 36.5 Å². The summed E-state index contributed by atoms with van der Waals surface area (Å²) in [7, 11) is 0. The van der Waals surface area contributed by atoms with E-state index in [1.807, 2.05) is 24.4 Å². The number of para-hydroxylation sites is 1. The van der Waals surface area contributed by atoms with Crippen LogP contribution in [0.3, 0.4) is 0 Å². The van der Waals surface area contributed by atoms with E-state index in [0.717, 1.165) is 41.3 Å². The van der Waals surface area contributed by atoms with Crippen molar-refractivity contribution in [2.24, 2.45) is 11.8 Å². The van der Waals surface area contributed by atoms with E-state index in [4.69, 9.17) is 4.74 Å². The van der Waals surface area contributed by atoms with E-state index in [0.29, 0.717) is 6.10 Å². The lowest BCUT2D eigenvalue weighted by atomic mass is 9.82. The molecule has 0 bridgehead atoms. The number of ether oxygens (including phenoxy) is 1. The van der Waals surface area contributed by atoms with Crippen molar-refractivity contribution in [3.05, 3.63) is 36.5 Å². The fourth-order valence-electron chi connectivity index (χ4n) is 3.28. The number of hydrogen-bond acceptors (Lipinski definition) is 2. The van der Waals surface area contributed by atoms with Crippen LogP contribution in [0.2, 0.25) is 0 Å². The third-order valence-electron chi connectivity index (χ3n) is 4.00. The zero-order chi connectivity index (χ0) is 13.2. The summed E-state index contributed by atoms with van der Waals surface area (Å²) in [4.78, 5) is 4.46. The SMILES string of the molecule is CC1CC(C)CC(Oc2cnc3ccccc3c2)C1. The molecule has 0 N–H and O–H groups in total. The maximum Gasteiger partial charge on any atom is 0.138 e. The van der Waals surface area contributed by atoms with Gasteiger partial charge < -0.3 is 4.74 Å². The summed E-state index contributed by atoms with van der Waals surface area (Å²) in [6, 6.07) is 10.3. The Bertz CT molecular complexity index is 556. The van der Waals surface area contributed by atoms with Crippen LogP contribution in [0.25, 0.3) is 10.9 Å². The van der Waals surface area contributed by atoms with Gasteiger partial charge in [0.1, 0.15) is 5.75 Å². The van der Waals surface area contributed by atoms with E-state index >= 15 is 0 Å². The summed E-state index contributed by atoms with van der Waals surface area (Å²) in [6.45, 7) is 4.65. The molecule has 1 aromatic heterocycles. The molecule has 1 aliphatic rings. The van der Waals surface area contributed by atoms with Crippen LogP contribution in [-0.4, -0.2) is 11.1 Å². The number of benzene rings is 1. The zero-order valence-corrected chi connectivity index (χ0v) is 11.7. The van der Waals surface area contributed by atoms with E-state index in [1.165, 1.54) is 6.42 Å². The maximum atomic E-state index is 6.14. The predicted molar refractivity (Wildman–Crippen MR) is 78.3 cm³/mol. The first-order valence-electron chi connectivity index (χ1n) is 7.22. The van der Waals surface area contributed by atoms with Gasteiger partial charge in [-0.05, 0) is 43.2 Å². The Labute approximate surface area is 114 Å². The van der Waals surface area contributed by atoms with Gasteiger partial charge >= 0.3 is 0 Å². The molecule has 0 amide bonds. The molecule has 1 aliphatic carbocycles. The second-order valence-corrected chi connectivity index (χ2v) is 6.02. The molecule has 100 valence electrons. The first kappa shape index (κ1) is 12.5. The summed E-state index contributed by atoms with van der Waals surface area (Å²) >= 11 is 0. The fourth-order valence-corrected chi connectivity index (χ4v) is 3.28. The molecule has 1 saturated carbocycles. The third-order valence-corrected chi connectivity index (χ3v) is 4.00. The number of pyridine rings is 1. The molecule has 2 nitrogen and oxygen atoms in total. The highest BCUT2D eigenvalue weighted by Crippen LogP contribution is 2.31. The molecular formula is C17H21NO. The van der Waals surface area contributed by atoms with Crippen molar-refractivity contribution in [1.29, 1.82) is 0 Å². The van der Waals surface area contributed by atoms with Gasteiger partial charge in [0.05, 0.1) is 17.8 Å². The second-order valence-electron chi connectivity index (χ2n) is 6.02. The molecule has 0 radical (unpaired) electrons. The zero-order valence-electron chi connectivity index (χ0n) is 11.7. The molecule has 1 heterocycles. The Hall–Kier alpha value is -1.57. The van der Waals surface area contributed by atoms with Crippen molar-refractivity contribution in [3.8, 4) is 5.75 Å². The van der Waals surface area contributed by atoms with Crippen LogP contribution in [0, 0.1) is 11.8 Å². The van der Waals surface area contributed by atoms with Gasteiger partial charge in [-0.15, -0.1) is 0 Å². The van der Waals surface area contributed by atoms with Crippen molar-refractivity contribution in [2.45, 2.75) is 39.2 Å². The lowest BCUT2D eigenvalue weighted by Gasteiger charge is -2.31. The average Bonchev–Trinajstić information content (AvgIpc) is 2.37. The number of fused-ring (bicyclic) bond motifs is 1. The van der Waals surface area contributed by atoms with Crippen molar-refractivity contribution < 1.29 is 4.74 Å². The lowest BCUT2D eigenvalue weighted by Crippen LogP contribution is -2.28. The van der Waals surface area contributed by atoms with Crippen molar-refractivity contribution in [1.82, 2.24) is 4.98 Å². The third kappa shape index (κ3) is 2.89. The highest BCUT2D eigenvalue weighted by Gasteiger charge is 2.25. The summed E-state index contributed by atoms with van der Waals surface area (Å²) in [6.07, 6.45) is 5.86. The van der Waals surface area contributed by atoms with Gasteiger partial charge in [-0.25, -0.2) is 0 Å². The van der Waals surface area contributed by atoms with Crippen molar-refractivity contribution >= 4 is 10.9 Å². The lowest BCUT2D eigenvalue weighted by molar-refractivity contribution is 0.101. The number of rotatable bonds is 2. The first-order valence-corrected chi connectivity index (χ1v) is 7.22. The molecule has 2 unspecified atom stereocenters. The van der Waals surface area contributed by atoms with Gasteiger partial charge in [-0.1, -0.05) is 32.0 Å². The second kappa shape index (κ2) is 5.20. The van der Waals surface area contributed by atoms with Gasteiger partial charge in [0.2, 0.25) is 0 Å². The minimum absolute atomic E-state index is 0.349. The topological polar surface area (TPSA) is 22.1 Å².